The molecule has 3 rings (SSSR count). The van der Waals surface area contributed by atoms with E-state index < -0.39 is 10.0 Å². The second kappa shape index (κ2) is 6.04. The van der Waals surface area contributed by atoms with Crippen molar-refractivity contribution in [2.24, 2.45) is 0 Å². The Morgan fingerprint density at radius 1 is 1.52 bits per heavy atom. The number of sulfonamides is 1. The molecule has 21 heavy (non-hydrogen) atoms. The van der Waals surface area contributed by atoms with Crippen LogP contribution in [0, 0.1) is 0 Å². The van der Waals surface area contributed by atoms with Crippen molar-refractivity contribution in [3.8, 4) is 0 Å². The average Bonchev–Trinajstić information content (AvgIpc) is 3.20. The highest BCUT2D eigenvalue weighted by Crippen LogP contribution is 2.24. The van der Waals surface area contributed by atoms with Gasteiger partial charge in [0.1, 0.15) is 0 Å². The molecule has 0 radical (unpaired) electrons. The number of aromatic nitrogens is 2. The first-order valence-electron chi connectivity index (χ1n) is 7.48. The first-order chi connectivity index (χ1) is 10.1. The molecule has 2 aliphatic rings. The maximum absolute atomic E-state index is 12.9. The monoisotopic (exact) mass is 314 g/mol. The standard InChI is InChI=1S/C13H22N4O3S/c1-2-12-9-20-6-5-17(12)21(18,19)13-10(8-15-16-13)7-14-11-3-4-11/h8,11-12,14H,2-7,9H2,1H3,(H,15,16). The van der Waals surface area contributed by atoms with Gasteiger partial charge in [-0.1, -0.05) is 6.92 Å². The molecule has 1 aromatic rings. The second-order valence-electron chi connectivity index (χ2n) is 5.63. The van der Waals surface area contributed by atoms with Crippen LogP contribution < -0.4 is 5.32 Å². The summed E-state index contributed by atoms with van der Waals surface area (Å²) in [6, 6.07) is 0.429. The van der Waals surface area contributed by atoms with Gasteiger partial charge in [0.2, 0.25) is 0 Å². The largest absolute Gasteiger partial charge is 0.378 e. The Balaban J connectivity index is 1.81. The van der Waals surface area contributed by atoms with E-state index in [1.54, 1.807) is 10.5 Å². The SMILES string of the molecule is CCC1COCCN1S(=O)(=O)c1[nH]ncc1CNC1CC1. The summed E-state index contributed by atoms with van der Waals surface area (Å²) in [5.74, 6) is 0. The van der Waals surface area contributed by atoms with Crippen molar-refractivity contribution in [1.29, 1.82) is 0 Å². The summed E-state index contributed by atoms with van der Waals surface area (Å²) in [6.07, 6.45) is 4.68. The Morgan fingerprint density at radius 3 is 3.05 bits per heavy atom. The first-order valence-corrected chi connectivity index (χ1v) is 8.92. The predicted molar refractivity (Wildman–Crippen MR) is 77.2 cm³/mol. The lowest BCUT2D eigenvalue weighted by Crippen LogP contribution is -2.48. The van der Waals surface area contributed by atoms with Gasteiger partial charge in [-0.15, -0.1) is 0 Å². The van der Waals surface area contributed by atoms with Gasteiger partial charge in [-0.05, 0) is 19.3 Å². The van der Waals surface area contributed by atoms with Gasteiger partial charge in [-0.3, -0.25) is 5.10 Å². The minimum absolute atomic E-state index is 0.101. The van der Waals surface area contributed by atoms with Gasteiger partial charge >= 0.3 is 0 Å². The van der Waals surface area contributed by atoms with Crippen LogP contribution in [0.4, 0.5) is 0 Å². The molecule has 1 atom stereocenters. The van der Waals surface area contributed by atoms with Crippen molar-refractivity contribution in [3.05, 3.63) is 11.8 Å². The van der Waals surface area contributed by atoms with Gasteiger partial charge in [0.25, 0.3) is 10.0 Å². The number of morpholine rings is 1. The molecule has 1 saturated heterocycles. The molecule has 2 heterocycles. The molecule has 7 nitrogen and oxygen atoms in total. The zero-order valence-corrected chi connectivity index (χ0v) is 13.0. The van der Waals surface area contributed by atoms with Gasteiger partial charge in [0, 0.05) is 30.7 Å². The van der Waals surface area contributed by atoms with Crippen LogP contribution in [-0.4, -0.2) is 54.8 Å². The van der Waals surface area contributed by atoms with Crippen LogP contribution >= 0.6 is 0 Å². The van der Waals surface area contributed by atoms with Crippen LogP contribution in [0.15, 0.2) is 11.2 Å². The molecule has 0 amide bonds. The number of nitrogens with one attached hydrogen (secondary N) is 2. The Morgan fingerprint density at radius 2 is 2.33 bits per heavy atom. The van der Waals surface area contributed by atoms with E-state index in [1.165, 1.54) is 12.8 Å². The summed E-state index contributed by atoms with van der Waals surface area (Å²) in [7, 11) is -3.54. The van der Waals surface area contributed by atoms with E-state index in [4.69, 9.17) is 4.74 Å². The van der Waals surface area contributed by atoms with E-state index in [0.29, 0.717) is 37.9 Å². The average molecular weight is 314 g/mol. The lowest BCUT2D eigenvalue weighted by Gasteiger charge is -2.33. The summed E-state index contributed by atoms with van der Waals surface area (Å²) in [5.41, 5.74) is 0.711. The number of aromatic amines is 1. The molecule has 1 aliphatic carbocycles. The quantitative estimate of drug-likeness (QED) is 0.796. The van der Waals surface area contributed by atoms with Crippen molar-refractivity contribution >= 4 is 10.0 Å². The van der Waals surface area contributed by atoms with Crippen LogP contribution in [0.25, 0.3) is 0 Å². The Bertz CT molecular complexity index is 582. The molecule has 0 spiro atoms. The molecule has 8 heteroatoms. The van der Waals surface area contributed by atoms with Crippen LogP contribution in [0.5, 0.6) is 0 Å². The van der Waals surface area contributed by atoms with Gasteiger partial charge in [0.05, 0.1) is 19.4 Å². The number of nitrogens with zero attached hydrogens (tertiary/aromatic N) is 2. The maximum atomic E-state index is 12.9. The molecule has 2 N–H and O–H groups in total. The zero-order valence-electron chi connectivity index (χ0n) is 12.2. The Kier molecular flexibility index (Phi) is 4.30. The van der Waals surface area contributed by atoms with E-state index in [9.17, 15) is 8.42 Å². The van der Waals surface area contributed by atoms with Crippen molar-refractivity contribution in [3.63, 3.8) is 0 Å². The minimum Gasteiger partial charge on any atom is -0.378 e. The fourth-order valence-electron chi connectivity index (χ4n) is 2.59. The lowest BCUT2D eigenvalue weighted by atomic mass is 10.2. The fourth-order valence-corrected chi connectivity index (χ4v) is 4.36. The Hall–Kier alpha value is -0.960. The van der Waals surface area contributed by atoms with Crippen molar-refractivity contribution in [1.82, 2.24) is 19.8 Å². The first kappa shape index (κ1) is 15.0. The summed E-state index contributed by atoms with van der Waals surface area (Å²) in [5, 5.41) is 10.2. The number of H-pyrrole nitrogens is 1. The van der Waals surface area contributed by atoms with E-state index in [2.05, 4.69) is 15.5 Å². The molecule has 0 bridgehead atoms. The van der Waals surface area contributed by atoms with E-state index in [-0.39, 0.29) is 11.1 Å². The third-order valence-electron chi connectivity index (χ3n) is 4.05. The maximum Gasteiger partial charge on any atom is 0.260 e. The van der Waals surface area contributed by atoms with Gasteiger partial charge < -0.3 is 10.1 Å². The summed E-state index contributed by atoms with van der Waals surface area (Å²) in [6.45, 7) is 3.82. The number of ether oxygens (including phenoxy) is 1. The summed E-state index contributed by atoms with van der Waals surface area (Å²) in [4.78, 5) is 0. The topological polar surface area (TPSA) is 87.3 Å². The van der Waals surface area contributed by atoms with E-state index in [0.717, 1.165) is 6.42 Å². The molecule has 1 aromatic heterocycles. The number of hydrogen-bond donors (Lipinski definition) is 2. The van der Waals surface area contributed by atoms with E-state index in [1.807, 2.05) is 6.92 Å². The zero-order chi connectivity index (χ0) is 14.9. The van der Waals surface area contributed by atoms with Crippen LogP contribution in [0.2, 0.25) is 0 Å². The van der Waals surface area contributed by atoms with Gasteiger partial charge in [0.15, 0.2) is 5.03 Å². The minimum atomic E-state index is -3.54. The molecular weight excluding hydrogens is 292 g/mol. The van der Waals surface area contributed by atoms with Gasteiger partial charge in [-0.2, -0.15) is 9.40 Å². The molecule has 118 valence electrons. The smallest absolute Gasteiger partial charge is 0.260 e. The number of hydrogen-bond acceptors (Lipinski definition) is 5. The van der Waals surface area contributed by atoms with Crippen molar-refractivity contribution < 1.29 is 13.2 Å². The highest BCUT2D eigenvalue weighted by molar-refractivity contribution is 7.89. The number of rotatable bonds is 6. The third-order valence-corrected chi connectivity index (χ3v) is 6.02. The molecule has 1 saturated carbocycles. The third kappa shape index (κ3) is 3.13. The highest BCUT2D eigenvalue weighted by atomic mass is 32.2. The van der Waals surface area contributed by atoms with Crippen molar-refractivity contribution in [2.75, 3.05) is 19.8 Å². The van der Waals surface area contributed by atoms with Crippen molar-refractivity contribution in [2.45, 2.75) is 49.8 Å². The molecular formula is C13H22N4O3S. The summed E-state index contributed by atoms with van der Waals surface area (Å²) >= 11 is 0. The summed E-state index contributed by atoms with van der Waals surface area (Å²) < 4.78 is 32.7. The lowest BCUT2D eigenvalue weighted by molar-refractivity contribution is 0.0313. The highest BCUT2D eigenvalue weighted by Gasteiger charge is 2.35. The predicted octanol–water partition coefficient (Wildman–Crippen LogP) is 0.461. The molecule has 1 aliphatic heterocycles. The van der Waals surface area contributed by atoms with Crippen LogP contribution in [-0.2, 0) is 21.3 Å². The van der Waals surface area contributed by atoms with Crippen LogP contribution in [0.3, 0.4) is 0 Å². The molecule has 2 fully saturated rings. The van der Waals surface area contributed by atoms with Gasteiger partial charge in [-0.25, -0.2) is 8.42 Å². The molecule has 0 aromatic carbocycles. The Labute approximate surface area is 125 Å². The van der Waals surface area contributed by atoms with Crippen LogP contribution in [0.1, 0.15) is 31.7 Å². The normalized spacial score (nSPS) is 24.3. The second-order valence-corrected chi connectivity index (χ2v) is 7.46. The fraction of sp³-hybridized carbons (Fsp3) is 0.769. The van der Waals surface area contributed by atoms with E-state index >= 15 is 0 Å². The molecule has 1 unspecified atom stereocenters.